The van der Waals surface area contributed by atoms with E-state index in [-0.39, 0.29) is 22.2 Å². The Morgan fingerprint density at radius 3 is 1.61 bits per heavy atom. The Kier molecular flexibility index (Phi) is 4.66. The van der Waals surface area contributed by atoms with Crippen LogP contribution in [-0.4, -0.2) is 29.1 Å². The number of aromatic nitrogens is 2. The van der Waals surface area contributed by atoms with Crippen LogP contribution in [0.5, 0.6) is 0 Å². The molecule has 4 rings (SSSR count). The summed E-state index contributed by atoms with van der Waals surface area (Å²) in [6.07, 6.45) is 2.75. The van der Waals surface area contributed by atoms with E-state index in [9.17, 15) is 22.4 Å². The quantitative estimate of drug-likeness (QED) is 0.433. The third-order valence-electron chi connectivity index (χ3n) is 5.14. The van der Waals surface area contributed by atoms with Crippen molar-refractivity contribution in [3.8, 4) is 0 Å². The second kappa shape index (κ2) is 7.14. The number of hydrogen-bond acceptors (Lipinski definition) is 1. The maximum atomic E-state index is 13.9. The Bertz CT molecular complexity index is 1070. The average Bonchev–Trinajstić information content (AvgIpc) is 3.30. The summed E-state index contributed by atoms with van der Waals surface area (Å²) in [7, 11) is 0. The van der Waals surface area contributed by atoms with Crippen molar-refractivity contribution in [3.05, 3.63) is 71.6 Å². The monoisotopic (exact) mass is 388 g/mol. The molecule has 4 aromatic rings. The van der Waals surface area contributed by atoms with E-state index in [4.69, 9.17) is 0 Å². The van der Waals surface area contributed by atoms with Crippen LogP contribution >= 0.6 is 0 Å². The highest BCUT2D eigenvalue weighted by Crippen LogP contribution is 2.35. The van der Waals surface area contributed by atoms with Crippen molar-refractivity contribution < 1.29 is 22.4 Å². The summed E-state index contributed by atoms with van der Waals surface area (Å²) in [6.45, 7) is -2.12. The van der Waals surface area contributed by atoms with Gasteiger partial charge in [-0.1, -0.05) is 24.3 Å². The van der Waals surface area contributed by atoms with Gasteiger partial charge in [0.1, 0.15) is 25.0 Å². The molecule has 2 atom stereocenters. The molecule has 0 saturated carbocycles. The molecule has 0 bridgehead atoms. The van der Waals surface area contributed by atoms with Gasteiger partial charge in [-0.15, -0.1) is 0 Å². The van der Waals surface area contributed by atoms with Crippen LogP contribution in [0.2, 0.25) is 0 Å². The molecule has 2 N–H and O–H groups in total. The van der Waals surface area contributed by atoms with Crippen LogP contribution in [-0.2, 0) is 4.79 Å². The fraction of sp³-hybridized carbons (Fsp3) is 0.190. The lowest BCUT2D eigenvalue weighted by atomic mass is 9.84. The van der Waals surface area contributed by atoms with Gasteiger partial charge in [-0.3, -0.25) is 4.79 Å². The number of ketones is 1. The van der Waals surface area contributed by atoms with Gasteiger partial charge in [0.2, 0.25) is 0 Å². The van der Waals surface area contributed by atoms with Gasteiger partial charge in [0.25, 0.3) is 0 Å². The van der Waals surface area contributed by atoms with E-state index in [0.717, 1.165) is 0 Å². The Balaban J connectivity index is 1.78. The van der Waals surface area contributed by atoms with Gasteiger partial charge in [-0.05, 0) is 23.3 Å². The standard InChI is InChI=1S/C21H16F4N2O/c22-7-13(15-9-26-19-11(15)3-1-5-17(19)24)21(28)14(8-23)16-10-27-20-12(16)4-2-6-18(20)25/h1-6,9-10,13-14,26-27H,7-8H2. The van der Waals surface area contributed by atoms with E-state index in [1.807, 2.05) is 0 Å². The Labute approximate surface area is 157 Å². The molecule has 28 heavy (non-hydrogen) atoms. The lowest BCUT2D eigenvalue weighted by Gasteiger charge is -2.18. The predicted octanol–water partition coefficient (Wildman–Crippen LogP) is 5.30. The summed E-state index contributed by atoms with van der Waals surface area (Å²) in [6, 6.07) is 8.57. The van der Waals surface area contributed by atoms with Gasteiger partial charge in [0, 0.05) is 23.2 Å². The predicted molar refractivity (Wildman–Crippen MR) is 99.0 cm³/mol. The molecular formula is C21H16F4N2O. The maximum Gasteiger partial charge on any atom is 0.153 e. The number of para-hydroxylation sites is 2. The third-order valence-corrected chi connectivity index (χ3v) is 5.14. The molecule has 0 amide bonds. The Morgan fingerprint density at radius 2 is 1.21 bits per heavy atom. The molecule has 0 radical (unpaired) electrons. The Morgan fingerprint density at radius 1 is 0.786 bits per heavy atom. The topological polar surface area (TPSA) is 48.6 Å². The minimum Gasteiger partial charge on any atom is -0.358 e. The fourth-order valence-electron chi connectivity index (χ4n) is 3.72. The average molecular weight is 388 g/mol. The zero-order valence-corrected chi connectivity index (χ0v) is 14.6. The normalized spacial score (nSPS) is 13.9. The van der Waals surface area contributed by atoms with E-state index in [1.54, 1.807) is 12.1 Å². The van der Waals surface area contributed by atoms with Crippen molar-refractivity contribution >= 4 is 27.6 Å². The zero-order chi connectivity index (χ0) is 19.8. The lowest BCUT2D eigenvalue weighted by molar-refractivity contribution is -0.122. The second-order valence-corrected chi connectivity index (χ2v) is 6.63. The largest absolute Gasteiger partial charge is 0.358 e. The summed E-state index contributed by atoms with van der Waals surface area (Å²) in [5, 5.41) is 0.747. The molecule has 0 aliphatic carbocycles. The number of alkyl halides is 2. The highest BCUT2D eigenvalue weighted by Gasteiger charge is 2.33. The Hall–Kier alpha value is -3.09. The van der Waals surface area contributed by atoms with Crippen molar-refractivity contribution in [2.45, 2.75) is 11.8 Å². The van der Waals surface area contributed by atoms with Crippen molar-refractivity contribution in [1.82, 2.24) is 9.97 Å². The first kappa shape index (κ1) is 18.3. The number of H-pyrrole nitrogens is 2. The lowest BCUT2D eigenvalue weighted by Crippen LogP contribution is -2.23. The number of carbonyl (C=O) groups is 1. The number of fused-ring (bicyclic) bond motifs is 2. The van der Waals surface area contributed by atoms with Crippen LogP contribution in [0.1, 0.15) is 23.0 Å². The van der Waals surface area contributed by atoms with Gasteiger partial charge in [0.05, 0.1) is 22.9 Å². The van der Waals surface area contributed by atoms with Gasteiger partial charge < -0.3 is 9.97 Å². The molecule has 0 spiro atoms. The molecule has 0 saturated heterocycles. The van der Waals surface area contributed by atoms with Crippen molar-refractivity contribution in [2.24, 2.45) is 0 Å². The molecule has 0 aliphatic rings. The number of nitrogens with one attached hydrogen (secondary N) is 2. The molecule has 7 heteroatoms. The summed E-state index contributed by atoms with van der Waals surface area (Å²) >= 11 is 0. The minimum absolute atomic E-state index is 0.162. The number of rotatable bonds is 6. The zero-order valence-electron chi connectivity index (χ0n) is 14.6. The minimum atomic E-state index is -1.27. The summed E-state index contributed by atoms with van der Waals surface area (Å²) in [5.74, 6) is -4.27. The smallest absolute Gasteiger partial charge is 0.153 e. The molecule has 2 aromatic heterocycles. The highest BCUT2D eigenvalue weighted by molar-refractivity contribution is 5.99. The third kappa shape index (κ3) is 2.78. The first-order valence-corrected chi connectivity index (χ1v) is 8.73. The number of benzene rings is 2. The van der Waals surface area contributed by atoms with E-state index < -0.39 is 42.6 Å². The number of halogens is 4. The van der Waals surface area contributed by atoms with Crippen LogP contribution in [0, 0.1) is 11.6 Å². The first-order valence-electron chi connectivity index (χ1n) is 8.73. The van der Waals surface area contributed by atoms with E-state index in [1.165, 1.54) is 36.7 Å². The fourth-order valence-corrected chi connectivity index (χ4v) is 3.72. The number of carbonyl (C=O) groups excluding carboxylic acids is 1. The molecule has 0 aliphatic heterocycles. The van der Waals surface area contributed by atoms with Gasteiger partial charge in [0.15, 0.2) is 5.78 Å². The van der Waals surface area contributed by atoms with Crippen LogP contribution in [0.4, 0.5) is 17.6 Å². The van der Waals surface area contributed by atoms with Gasteiger partial charge in [-0.2, -0.15) is 0 Å². The van der Waals surface area contributed by atoms with Crippen LogP contribution < -0.4 is 0 Å². The second-order valence-electron chi connectivity index (χ2n) is 6.63. The van der Waals surface area contributed by atoms with E-state index >= 15 is 0 Å². The van der Waals surface area contributed by atoms with Gasteiger partial charge in [-0.25, -0.2) is 17.6 Å². The number of hydrogen-bond donors (Lipinski definition) is 2. The van der Waals surface area contributed by atoms with Crippen LogP contribution in [0.15, 0.2) is 48.8 Å². The molecule has 144 valence electrons. The highest BCUT2D eigenvalue weighted by atomic mass is 19.1. The van der Waals surface area contributed by atoms with Crippen LogP contribution in [0.25, 0.3) is 21.8 Å². The van der Waals surface area contributed by atoms with E-state index in [0.29, 0.717) is 10.8 Å². The molecule has 0 fully saturated rings. The first-order chi connectivity index (χ1) is 13.6. The summed E-state index contributed by atoms with van der Waals surface area (Å²) < 4.78 is 55.6. The molecule has 2 heterocycles. The van der Waals surface area contributed by atoms with Gasteiger partial charge >= 0.3 is 0 Å². The molecule has 2 aromatic carbocycles. The summed E-state index contributed by atoms with van der Waals surface area (Å²) in [5.41, 5.74) is 0.863. The van der Waals surface area contributed by atoms with E-state index in [2.05, 4.69) is 9.97 Å². The van der Waals surface area contributed by atoms with Crippen molar-refractivity contribution in [1.29, 1.82) is 0 Å². The van der Waals surface area contributed by atoms with Crippen molar-refractivity contribution in [3.63, 3.8) is 0 Å². The molecule has 2 unspecified atom stereocenters. The number of Topliss-reactive ketones (excluding diaryl/α,β-unsaturated/α-hetero) is 1. The van der Waals surface area contributed by atoms with Crippen molar-refractivity contribution in [2.75, 3.05) is 13.3 Å². The SMILES string of the molecule is O=C(C(CF)c1c[nH]c2c(F)cccc12)C(CF)c1c[nH]c2c(F)cccc12. The maximum absolute atomic E-state index is 13.9. The molecule has 3 nitrogen and oxygen atoms in total. The summed E-state index contributed by atoms with van der Waals surface area (Å²) in [4.78, 5) is 18.5. The number of aromatic amines is 2. The molecular weight excluding hydrogens is 372 g/mol. The van der Waals surface area contributed by atoms with Crippen LogP contribution in [0.3, 0.4) is 0 Å².